The quantitative estimate of drug-likeness (QED) is 0.580. The number of nitrogens with zero attached hydrogens (tertiary/aromatic N) is 1. The monoisotopic (exact) mass is 386 g/mol. The third-order valence-corrected chi connectivity index (χ3v) is 5.28. The van der Waals surface area contributed by atoms with Gasteiger partial charge in [0.1, 0.15) is 6.61 Å². The number of benzene rings is 1. The van der Waals surface area contributed by atoms with Gasteiger partial charge in [-0.1, -0.05) is 12.7 Å². The van der Waals surface area contributed by atoms with Crippen molar-refractivity contribution >= 4 is 33.7 Å². The highest BCUT2D eigenvalue weighted by Crippen LogP contribution is 2.31. The van der Waals surface area contributed by atoms with Gasteiger partial charge in [-0.25, -0.2) is 4.98 Å². The van der Waals surface area contributed by atoms with Gasteiger partial charge in [-0.05, 0) is 37.3 Å². The maximum absolute atomic E-state index is 12.5. The standard InChI is InChI=1S/C19H18N2O3S2/c1-4-9-24-15-7-6-13(10-16(15)23-3)18(22)21-19-20-14(11-25-19)17-8-5-12(2)26-17/h4-8,10-11H,1,9H2,2-3H3,(H,20,21,22). The van der Waals surface area contributed by atoms with E-state index in [2.05, 4.69) is 29.9 Å². The van der Waals surface area contributed by atoms with Crippen molar-refractivity contribution in [3.8, 4) is 22.1 Å². The Hall–Kier alpha value is -2.64. The molecule has 0 aliphatic heterocycles. The first-order valence-electron chi connectivity index (χ1n) is 7.86. The first-order chi connectivity index (χ1) is 12.6. The molecule has 0 spiro atoms. The van der Waals surface area contributed by atoms with Crippen molar-refractivity contribution in [1.82, 2.24) is 4.98 Å². The van der Waals surface area contributed by atoms with E-state index in [1.54, 1.807) is 35.6 Å². The summed E-state index contributed by atoms with van der Waals surface area (Å²) in [5.41, 5.74) is 1.34. The summed E-state index contributed by atoms with van der Waals surface area (Å²) in [6.45, 7) is 6.04. The van der Waals surface area contributed by atoms with Gasteiger partial charge in [0.15, 0.2) is 16.6 Å². The maximum Gasteiger partial charge on any atom is 0.257 e. The van der Waals surface area contributed by atoms with Crippen molar-refractivity contribution in [2.45, 2.75) is 6.92 Å². The van der Waals surface area contributed by atoms with Crippen LogP contribution in [-0.4, -0.2) is 24.6 Å². The number of aryl methyl sites for hydroxylation is 1. The lowest BCUT2D eigenvalue weighted by Crippen LogP contribution is -2.12. The lowest BCUT2D eigenvalue weighted by Gasteiger charge is -2.10. The van der Waals surface area contributed by atoms with Crippen molar-refractivity contribution in [1.29, 1.82) is 0 Å². The minimum atomic E-state index is -0.248. The summed E-state index contributed by atoms with van der Waals surface area (Å²) in [4.78, 5) is 19.3. The summed E-state index contributed by atoms with van der Waals surface area (Å²) in [6, 6.07) is 9.13. The van der Waals surface area contributed by atoms with Crippen LogP contribution in [0.1, 0.15) is 15.2 Å². The molecule has 5 nitrogen and oxygen atoms in total. The van der Waals surface area contributed by atoms with Gasteiger partial charge in [0.2, 0.25) is 0 Å². The number of carbonyl (C=O) groups excluding carboxylic acids is 1. The highest BCUT2D eigenvalue weighted by atomic mass is 32.1. The van der Waals surface area contributed by atoms with Gasteiger partial charge >= 0.3 is 0 Å². The van der Waals surface area contributed by atoms with Crippen LogP contribution >= 0.6 is 22.7 Å². The lowest BCUT2D eigenvalue weighted by molar-refractivity contribution is 0.102. The van der Waals surface area contributed by atoms with Crippen molar-refractivity contribution in [2.24, 2.45) is 0 Å². The van der Waals surface area contributed by atoms with Gasteiger partial charge in [-0.3, -0.25) is 10.1 Å². The van der Waals surface area contributed by atoms with Crippen LogP contribution in [0.15, 0.2) is 48.4 Å². The van der Waals surface area contributed by atoms with Gasteiger partial charge in [-0.2, -0.15) is 0 Å². The molecule has 1 aromatic carbocycles. The van der Waals surface area contributed by atoms with Gasteiger partial charge in [0, 0.05) is 15.8 Å². The number of nitrogens with one attached hydrogen (secondary N) is 1. The van der Waals surface area contributed by atoms with Gasteiger partial charge in [0.05, 0.1) is 17.7 Å². The molecule has 2 heterocycles. The second-order valence-corrected chi connectivity index (χ2v) is 7.51. The first kappa shape index (κ1) is 18.2. The molecule has 2 aromatic heterocycles. The van der Waals surface area contributed by atoms with E-state index in [9.17, 15) is 4.79 Å². The summed E-state index contributed by atoms with van der Waals surface area (Å²) in [7, 11) is 1.54. The average molecular weight is 386 g/mol. The highest BCUT2D eigenvalue weighted by Gasteiger charge is 2.14. The molecule has 0 saturated carbocycles. The first-order valence-corrected chi connectivity index (χ1v) is 9.55. The van der Waals surface area contributed by atoms with Gasteiger partial charge < -0.3 is 9.47 Å². The molecule has 0 radical (unpaired) electrons. The van der Waals surface area contributed by atoms with Crippen LogP contribution in [0.4, 0.5) is 5.13 Å². The Balaban J connectivity index is 1.73. The van der Waals surface area contributed by atoms with Crippen LogP contribution in [-0.2, 0) is 0 Å². The van der Waals surface area contributed by atoms with Crippen LogP contribution < -0.4 is 14.8 Å². The zero-order valence-electron chi connectivity index (χ0n) is 14.4. The Morgan fingerprint density at radius 2 is 2.15 bits per heavy atom. The predicted octanol–water partition coefficient (Wildman–Crippen LogP) is 5.01. The highest BCUT2D eigenvalue weighted by molar-refractivity contribution is 7.17. The Morgan fingerprint density at radius 1 is 1.31 bits per heavy atom. The zero-order valence-corrected chi connectivity index (χ0v) is 16.1. The van der Waals surface area contributed by atoms with E-state index >= 15 is 0 Å². The van der Waals surface area contributed by atoms with E-state index in [1.165, 1.54) is 23.3 Å². The van der Waals surface area contributed by atoms with E-state index in [-0.39, 0.29) is 5.91 Å². The molecule has 3 aromatic rings. The number of hydrogen-bond donors (Lipinski definition) is 1. The summed E-state index contributed by atoms with van der Waals surface area (Å²) in [5, 5.41) is 5.33. The second kappa shape index (κ2) is 8.16. The number of aromatic nitrogens is 1. The third-order valence-electron chi connectivity index (χ3n) is 3.50. The molecule has 0 bridgehead atoms. The molecular weight excluding hydrogens is 368 g/mol. The summed E-state index contributed by atoms with van der Waals surface area (Å²) in [5.74, 6) is 0.809. The van der Waals surface area contributed by atoms with Crippen LogP contribution in [0.25, 0.3) is 10.6 Å². The zero-order chi connectivity index (χ0) is 18.5. The molecule has 7 heteroatoms. The normalized spacial score (nSPS) is 10.4. The third kappa shape index (κ3) is 4.12. The number of anilines is 1. The Bertz CT molecular complexity index is 931. The SMILES string of the molecule is C=CCOc1ccc(C(=O)Nc2nc(-c3ccc(C)s3)cs2)cc1OC. The number of thiophene rings is 1. The van der Waals surface area contributed by atoms with Crippen LogP contribution in [0.3, 0.4) is 0 Å². The minimum Gasteiger partial charge on any atom is -0.493 e. The fourth-order valence-electron chi connectivity index (χ4n) is 2.26. The molecule has 0 atom stereocenters. The molecule has 134 valence electrons. The molecule has 0 aliphatic carbocycles. The summed E-state index contributed by atoms with van der Waals surface area (Å²) < 4.78 is 10.8. The van der Waals surface area contributed by atoms with Crippen molar-refractivity contribution in [3.63, 3.8) is 0 Å². The number of thiazole rings is 1. The van der Waals surface area contributed by atoms with E-state index in [0.717, 1.165) is 10.6 Å². The van der Waals surface area contributed by atoms with Crippen LogP contribution in [0, 0.1) is 6.92 Å². The summed E-state index contributed by atoms with van der Waals surface area (Å²) in [6.07, 6.45) is 1.65. The topological polar surface area (TPSA) is 60.5 Å². The number of carbonyl (C=O) groups is 1. The number of methoxy groups -OCH3 is 1. The van der Waals surface area contributed by atoms with Gasteiger partial charge in [0.25, 0.3) is 5.91 Å². The Labute approximate surface area is 159 Å². The van der Waals surface area contributed by atoms with E-state index < -0.39 is 0 Å². The number of rotatable bonds is 7. The molecule has 26 heavy (non-hydrogen) atoms. The largest absolute Gasteiger partial charge is 0.493 e. The van der Waals surface area contributed by atoms with Gasteiger partial charge in [-0.15, -0.1) is 22.7 Å². The van der Waals surface area contributed by atoms with E-state index in [1.807, 2.05) is 11.4 Å². The summed E-state index contributed by atoms with van der Waals surface area (Å²) >= 11 is 3.07. The second-order valence-electron chi connectivity index (χ2n) is 5.37. The van der Waals surface area contributed by atoms with E-state index in [4.69, 9.17) is 9.47 Å². The Kier molecular flexibility index (Phi) is 5.70. The molecule has 0 unspecified atom stereocenters. The van der Waals surface area contributed by atoms with E-state index in [0.29, 0.717) is 28.8 Å². The Morgan fingerprint density at radius 3 is 2.85 bits per heavy atom. The van der Waals surface area contributed by atoms with Crippen molar-refractivity contribution in [3.05, 3.63) is 58.8 Å². The van der Waals surface area contributed by atoms with Crippen molar-refractivity contribution < 1.29 is 14.3 Å². The lowest BCUT2D eigenvalue weighted by atomic mass is 10.2. The van der Waals surface area contributed by atoms with Crippen LogP contribution in [0.2, 0.25) is 0 Å². The molecule has 1 N–H and O–H groups in total. The minimum absolute atomic E-state index is 0.248. The molecule has 1 amide bonds. The maximum atomic E-state index is 12.5. The molecule has 0 fully saturated rings. The number of ether oxygens (including phenoxy) is 2. The molecule has 0 aliphatic rings. The average Bonchev–Trinajstić information content (AvgIpc) is 3.28. The number of amides is 1. The molecule has 3 rings (SSSR count). The van der Waals surface area contributed by atoms with Crippen molar-refractivity contribution in [2.75, 3.05) is 19.0 Å². The fourth-order valence-corrected chi connectivity index (χ4v) is 3.87. The number of hydrogen-bond acceptors (Lipinski definition) is 6. The molecular formula is C19H18N2O3S2. The fraction of sp³-hybridized carbons (Fsp3) is 0.158. The molecule has 0 saturated heterocycles. The predicted molar refractivity (Wildman–Crippen MR) is 107 cm³/mol. The smallest absolute Gasteiger partial charge is 0.257 e. The van der Waals surface area contributed by atoms with Crippen LogP contribution in [0.5, 0.6) is 11.5 Å².